The highest BCUT2D eigenvalue weighted by atomic mass is 16.5. The summed E-state index contributed by atoms with van der Waals surface area (Å²) in [6.45, 7) is 7.68. The third kappa shape index (κ3) is 11.5. The predicted molar refractivity (Wildman–Crippen MR) is 183 cm³/mol. The minimum Gasteiger partial charge on any atom is -0.491 e. The van der Waals surface area contributed by atoms with Crippen LogP contribution in [-0.4, -0.2) is 73.9 Å². The molecular weight excluding hydrogens is 564 g/mol. The van der Waals surface area contributed by atoms with Crippen molar-refractivity contribution >= 4 is 0 Å². The Morgan fingerprint density at radius 3 is 1.42 bits per heavy atom. The average molecular weight is 625 g/mol. The number of nitrogens with two attached hydrogens (primary N) is 2. The van der Waals surface area contributed by atoms with E-state index in [4.69, 9.17) is 20.9 Å². The van der Waals surface area contributed by atoms with E-state index in [-0.39, 0.29) is 18.6 Å². The highest BCUT2D eigenvalue weighted by Gasteiger charge is 2.24. The number of aliphatic hydroxyl groups is 2. The first kappa shape index (κ1) is 35.7. The molecule has 0 heterocycles. The van der Waals surface area contributed by atoms with Gasteiger partial charge in [-0.3, -0.25) is 0 Å². The van der Waals surface area contributed by atoms with E-state index < -0.39 is 12.2 Å². The molecule has 0 spiro atoms. The van der Waals surface area contributed by atoms with Crippen LogP contribution in [0.2, 0.25) is 0 Å². The Morgan fingerprint density at radius 2 is 1.04 bits per heavy atom. The standard InChI is InChI=1S/C37H60N4O4/c1-37(2,29-11-15-33(16-12-29)44-25-31(42)23-40-21-19-27-7-3-5-9-35(27)38)30-13-17-34(18-14-30)45-26-32(43)24-41-22-20-28-8-4-6-10-36(28)39/h11-18,27-28,31-32,35-36,40-43H,3-10,19-26,38-39H2,1-2H3. The Hall–Kier alpha value is -2.20. The van der Waals surface area contributed by atoms with E-state index in [0.29, 0.717) is 37.0 Å². The van der Waals surface area contributed by atoms with Crippen molar-refractivity contribution in [1.29, 1.82) is 0 Å². The minimum atomic E-state index is -0.565. The maximum atomic E-state index is 10.4. The summed E-state index contributed by atoms with van der Waals surface area (Å²) in [6.07, 6.45) is 10.8. The maximum Gasteiger partial charge on any atom is 0.119 e. The van der Waals surface area contributed by atoms with E-state index in [9.17, 15) is 10.2 Å². The van der Waals surface area contributed by atoms with Gasteiger partial charge in [0, 0.05) is 30.6 Å². The number of ether oxygens (including phenoxy) is 2. The lowest BCUT2D eigenvalue weighted by Crippen LogP contribution is -2.37. The second-order valence-corrected chi connectivity index (χ2v) is 14.0. The average Bonchev–Trinajstić information content (AvgIpc) is 3.05. The smallest absolute Gasteiger partial charge is 0.119 e. The van der Waals surface area contributed by atoms with Gasteiger partial charge < -0.3 is 41.8 Å². The summed E-state index contributed by atoms with van der Waals surface area (Å²) in [5.74, 6) is 2.69. The highest BCUT2D eigenvalue weighted by molar-refractivity contribution is 5.41. The van der Waals surface area contributed by atoms with Crippen molar-refractivity contribution in [3.63, 3.8) is 0 Å². The molecule has 2 aliphatic carbocycles. The van der Waals surface area contributed by atoms with Crippen molar-refractivity contribution in [2.45, 2.75) is 108 Å². The molecule has 6 unspecified atom stereocenters. The fourth-order valence-corrected chi connectivity index (χ4v) is 6.91. The third-order valence-corrected chi connectivity index (χ3v) is 10.1. The van der Waals surface area contributed by atoms with Gasteiger partial charge in [-0.05, 0) is 98.8 Å². The van der Waals surface area contributed by atoms with Crippen LogP contribution in [0.1, 0.15) is 89.2 Å². The number of benzene rings is 2. The lowest BCUT2D eigenvalue weighted by atomic mass is 9.78. The van der Waals surface area contributed by atoms with Gasteiger partial charge in [0.25, 0.3) is 0 Å². The number of hydrogen-bond donors (Lipinski definition) is 6. The van der Waals surface area contributed by atoms with Gasteiger partial charge in [0.05, 0.1) is 0 Å². The molecule has 2 aromatic carbocycles. The summed E-state index contributed by atoms with van der Waals surface area (Å²) in [7, 11) is 0. The van der Waals surface area contributed by atoms with E-state index in [1.54, 1.807) is 0 Å². The van der Waals surface area contributed by atoms with Crippen molar-refractivity contribution in [1.82, 2.24) is 10.6 Å². The Balaban J connectivity index is 1.13. The molecule has 8 heteroatoms. The molecule has 4 rings (SSSR count). The summed E-state index contributed by atoms with van der Waals surface area (Å²) >= 11 is 0. The molecule has 8 nitrogen and oxygen atoms in total. The number of nitrogens with one attached hydrogen (secondary N) is 2. The summed E-state index contributed by atoms with van der Waals surface area (Å²) in [6, 6.07) is 16.9. The summed E-state index contributed by atoms with van der Waals surface area (Å²) in [5, 5.41) is 27.5. The van der Waals surface area contributed by atoms with Crippen molar-refractivity contribution in [3.8, 4) is 11.5 Å². The lowest BCUT2D eigenvalue weighted by Gasteiger charge is -2.28. The largest absolute Gasteiger partial charge is 0.491 e. The van der Waals surface area contributed by atoms with Crippen LogP contribution in [0, 0.1) is 11.8 Å². The molecule has 8 N–H and O–H groups in total. The van der Waals surface area contributed by atoms with Crippen LogP contribution in [0.25, 0.3) is 0 Å². The van der Waals surface area contributed by atoms with E-state index in [1.165, 1.54) is 49.7 Å². The van der Waals surface area contributed by atoms with Gasteiger partial charge in [0.2, 0.25) is 0 Å². The molecule has 2 saturated carbocycles. The second kappa shape index (κ2) is 18.2. The third-order valence-electron chi connectivity index (χ3n) is 10.1. The van der Waals surface area contributed by atoms with Gasteiger partial charge in [-0.1, -0.05) is 63.8 Å². The molecule has 0 aromatic heterocycles. The Labute approximate surface area is 271 Å². The molecule has 0 saturated heterocycles. The summed E-state index contributed by atoms with van der Waals surface area (Å²) in [4.78, 5) is 0. The normalized spacial score (nSPS) is 23.8. The first-order chi connectivity index (χ1) is 21.7. The van der Waals surface area contributed by atoms with Crippen LogP contribution in [0.5, 0.6) is 11.5 Å². The zero-order chi connectivity index (χ0) is 32.1. The van der Waals surface area contributed by atoms with E-state index >= 15 is 0 Å². The van der Waals surface area contributed by atoms with Crippen LogP contribution >= 0.6 is 0 Å². The first-order valence-electron chi connectivity index (χ1n) is 17.5. The number of rotatable bonds is 18. The molecule has 2 aliphatic rings. The van der Waals surface area contributed by atoms with E-state index in [0.717, 1.165) is 50.3 Å². The van der Waals surface area contributed by atoms with Crippen molar-refractivity contribution in [3.05, 3.63) is 59.7 Å². The SMILES string of the molecule is CC(C)(c1ccc(OCC(O)CNCCC2CCCCC2N)cc1)c1ccc(OCC(O)CNCCC2CCCCC2N)cc1. The highest BCUT2D eigenvalue weighted by Crippen LogP contribution is 2.33. The van der Waals surface area contributed by atoms with E-state index in [2.05, 4.69) is 48.7 Å². The molecule has 2 fully saturated rings. The quantitative estimate of drug-likeness (QED) is 0.134. The molecule has 0 amide bonds. The fraction of sp³-hybridized carbons (Fsp3) is 0.676. The molecule has 0 aliphatic heterocycles. The monoisotopic (exact) mass is 624 g/mol. The summed E-state index contributed by atoms with van der Waals surface area (Å²) in [5.41, 5.74) is 14.6. The van der Waals surface area contributed by atoms with E-state index in [1.807, 2.05) is 24.3 Å². The first-order valence-corrected chi connectivity index (χ1v) is 17.5. The lowest BCUT2D eigenvalue weighted by molar-refractivity contribution is 0.106. The number of hydrogen-bond acceptors (Lipinski definition) is 8. The van der Waals surface area contributed by atoms with Gasteiger partial charge in [0.15, 0.2) is 0 Å². The minimum absolute atomic E-state index is 0.217. The van der Waals surface area contributed by atoms with Gasteiger partial charge in [-0.15, -0.1) is 0 Å². The molecule has 6 atom stereocenters. The van der Waals surface area contributed by atoms with Gasteiger partial charge in [0.1, 0.15) is 36.9 Å². The molecular formula is C37H60N4O4. The maximum absolute atomic E-state index is 10.4. The summed E-state index contributed by atoms with van der Waals surface area (Å²) < 4.78 is 11.7. The van der Waals surface area contributed by atoms with Crippen molar-refractivity contribution in [2.24, 2.45) is 23.3 Å². The number of aliphatic hydroxyl groups excluding tert-OH is 2. The van der Waals surface area contributed by atoms with Gasteiger partial charge in [-0.25, -0.2) is 0 Å². The zero-order valence-electron chi connectivity index (χ0n) is 27.8. The van der Waals surface area contributed by atoms with Crippen LogP contribution in [0.4, 0.5) is 0 Å². The van der Waals surface area contributed by atoms with Crippen LogP contribution in [0.15, 0.2) is 48.5 Å². The Kier molecular flexibility index (Phi) is 14.4. The zero-order valence-corrected chi connectivity index (χ0v) is 27.8. The predicted octanol–water partition coefficient (Wildman–Crippen LogP) is 4.49. The Bertz CT molecular complexity index is 1010. The second-order valence-electron chi connectivity index (χ2n) is 14.0. The molecule has 0 radical (unpaired) electrons. The van der Waals surface area contributed by atoms with Crippen LogP contribution in [0.3, 0.4) is 0 Å². The molecule has 45 heavy (non-hydrogen) atoms. The fourth-order valence-electron chi connectivity index (χ4n) is 6.91. The van der Waals surface area contributed by atoms with Gasteiger partial charge in [-0.2, -0.15) is 0 Å². The van der Waals surface area contributed by atoms with Gasteiger partial charge >= 0.3 is 0 Å². The van der Waals surface area contributed by atoms with Crippen molar-refractivity contribution < 1.29 is 19.7 Å². The van der Waals surface area contributed by atoms with Crippen LogP contribution < -0.4 is 31.6 Å². The van der Waals surface area contributed by atoms with Crippen molar-refractivity contribution in [2.75, 3.05) is 39.4 Å². The Morgan fingerprint density at radius 1 is 0.667 bits per heavy atom. The molecule has 2 aromatic rings. The molecule has 252 valence electrons. The topological polar surface area (TPSA) is 135 Å². The van der Waals surface area contributed by atoms with Crippen LogP contribution in [-0.2, 0) is 5.41 Å². The molecule has 0 bridgehead atoms.